The van der Waals surface area contributed by atoms with Gasteiger partial charge in [-0.05, 0) is 68.6 Å². The monoisotopic (exact) mass is 339 g/mol. The number of ether oxygens (including phenoxy) is 1. The van der Waals surface area contributed by atoms with Crippen LogP contribution in [0.4, 0.5) is 0 Å². The van der Waals surface area contributed by atoms with Gasteiger partial charge in [0.2, 0.25) is 0 Å². The SMILES string of the molecule is CC1CC2CC(C)CC(COc3cc4nncn4cc3C3CC3)(C1)C2. The summed E-state index contributed by atoms with van der Waals surface area (Å²) in [6, 6.07) is 2.10. The third-order valence-electron chi connectivity index (χ3n) is 6.73. The standard InChI is InChI=1S/C21H29N3O/c1-14-5-16-6-15(2)9-21(8-14,10-16)12-25-19-7-20-23-22-13-24(20)11-18(19)17-3-4-17/h7,11,13-17H,3-6,8-10,12H2,1-2H3. The van der Waals surface area contributed by atoms with Gasteiger partial charge in [0, 0.05) is 23.2 Å². The van der Waals surface area contributed by atoms with Crippen LogP contribution in [0.5, 0.6) is 5.75 Å². The Bertz CT molecular complexity index is 759. The first-order chi connectivity index (χ1) is 12.1. The molecule has 3 aliphatic carbocycles. The average molecular weight is 339 g/mol. The van der Waals surface area contributed by atoms with Crippen LogP contribution in [0.2, 0.25) is 0 Å². The number of hydrogen-bond donors (Lipinski definition) is 0. The Morgan fingerprint density at radius 1 is 1.16 bits per heavy atom. The molecule has 4 heteroatoms. The predicted octanol–water partition coefficient (Wildman–Crippen LogP) is 4.84. The van der Waals surface area contributed by atoms with Crippen molar-refractivity contribution in [3.8, 4) is 5.75 Å². The fourth-order valence-electron chi connectivity index (χ4n) is 6.01. The minimum Gasteiger partial charge on any atom is -0.493 e. The van der Waals surface area contributed by atoms with E-state index >= 15 is 0 Å². The summed E-state index contributed by atoms with van der Waals surface area (Å²) in [5.41, 5.74) is 2.64. The summed E-state index contributed by atoms with van der Waals surface area (Å²) in [6.07, 6.45) is 13.4. The summed E-state index contributed by atoms with van der Waals surface area (Å²) < 4.78 is 8.58. The van der Waals surface area contributed by atoms with E-state index in [1.54, 1.807) is 6.33 Å². The van der Waals surface area contributed by atoms with Crippen LogP contribution >= 0.6 is 0 Å². The zero-order valence-corrected chi connectivity index (χ0v) is 15.4. The molecule has 134 valence electrons. The number of nitrogens with zero attached hydrogens (tertiary/aromatic N) is 3. The Labute approximate surface area is 150 Å². The minimum atomic E-state index is 0.390. The number of rotatable bonds is 4. The number of hydrogen-bond acceptors (Lipinski definition) is 3. The highest BCUT2D eigenvalue weighted by Gasteiger charge is 2.45. The van der Waals surface area contributed by atoms with Crippen molar-refractivity contribution in [1.82, 2.24) is 14.6 Å². The van der Waals surface area contributed by atoms with Gasteiger partial charge in [0.1, 0.15) is 12.1 Å². The molecule has 2 atom stereocenters. The van der Waals surface area contributed by atoms with Gasteiger partial charge in [-0.25, -0.2) is 0 Å². The minimum absolute atomic E-state index is 0.390. The van der Waals surface area contributed by atoms with E-state index in [2.05, 4.69) is 36.3 Å². The molecule has 5 rings (SSSR count). The van der Waals surface area contributed by atoms with Crippen LogP contribution in [0.1, 0.15) is 70.3 Å². The van der Waals surface area contributed by atoms with Crippen molar-refractivity contribution in [3.05, 3.63) is 24.2 Å². The lowest BCUT2D eigenvalue weighted by Gasteiger charge is -2.49. The first-order valence-corrected chi connectivity index (χ1v) is 10.1. The van der Waals surface area contributed by atoms with Crippen molar-refractivity contribution in [2.24, 2.45) is 23.2 Å². The molecule has 0 saturated heterocycles. The molecule has 3 saturated carbocycles. The summed E-state index contributed by atoms with van der Waals surface area (Å²) >= 11 is 0. The molecule has 2 unspecified atom stereocenters. The first kappa shape index (κ1) is 15.7. The molecule has 0 N–H and O–H groups in total. The maximum atomic E-state index is 6.55. The van der Waals surface area contributed by atoms with Crippen LogP contribution in [-0.2, 0) is 0 Å². The smallest absolute Gasteiger partial charge is 0.164 e. The van der Waals surface area contributed by atoms with E-state index < -0.39 is 0 Å². The van der Waals surface area contributed by atoms with Gasteiger partial charge >= 0.3 is 0 Å². The second-order valence-electron chi connectivity index (χ2n) is 9.41. The van der Waals surface area contributed by atoms with Crippen LogP contribution in [-0.4, -0.2) is 21.2 Å². The molecule has 0 aromatic carbocycles. The quantitative estimate of drug-likeness (QED) is 0.800. The molecule has 0 amide bonds. The van der Waals surface area contributed by atoms with Gasteiger partial charge in [-0.3, -0.25) is 4.40 Å². The summed E-state index contributed by atoms with van der Waals surface area (Å²) in [5, 5.41) is 8.25. The lowest BCUT2D eigenvalue weighted by atomic mass is 9.57. The third-order valence-corrected chi connectivity index (χ3v) is 6.73. The highest BCUT2D eigenvalue weighted by atomic mass is 16.5. The Hall–Kier alpha value is -1.58. The summed E-state index contributed by atoms with van der Waals surface area (Å²) in [6.45, 7) is 5.76. The third kappa shape index (κ3) is 2.94. The van der Waals surface area contributed by atoms with E-state index in [9.17, 15) is 0 Å². The maximum Gasteiger partial charge on any atom is 0.164 e. The van der Waals surface area contributed by atoms with Gasteiger partial charge in [-0.15, -0.1) is 10.2 Å². The average Bonchev–Trinajstić information content (AvgIpc) is 3.29. The van der Waals surface area contributed by atoms with E-state index in [0.29, 0.717) is 11.3 Å². The zero-order chi connectivity index (χ0) is 17.0. The van der Waals surface area contributed by atoms with Gasteiger partial charge < -0.3 is 4.74 Å². The van der Waals surface area contributed by atoms with Crippen molar-refractivity contribution < 1.29 is 4.74 Å². The molecule has 2 aromatic heterocycles. The lowest BCUT2D eigenvalue weighted by molar-refractivity contribution is -0.0166. The van der Waals surface area contributed by atoms with Gasteiger partial charge in [0.25, 0.3) is 0 Å². The Kier molecular flexibility index (Phi) is 3.58. The fraction of sp³-hybridized carbons (Fsp3) is 0.714. The van der Waals surface area contributed by atoms with Crippen molar-refractivity contribution in [2.75, 3.05) is 6.61 Å². The fourth-order valence-corrected chi connectivity index (χ4v) is 6.01. The molecule has 0 aliphatic heterocycles. The lowest BCUT2D eigenvalue weighted by Crippen LogP contribution is -2.43. The van der Waals surface area contributed by atoms with E-state index in [1.165, 1.54) is 50.5 Å². The summed E-state index contributed by atoms with van der Waals surface area (Å²) in [7, 11) is 0. The van der Waals surface area contributed by atoms with Gasteiger partial charge in [0.15, 0.2) is 5.65 Å². The molecule has 25 heavy (non-hydrogen) atoms. The van der Waals surface area contributed by atoms with Crippen molar-refractivity contribution in [3.63, 3.8) is 0 Å². The van der Waals surface area contributed by atoms with E-state index in [4.69, 9.17) is 4.74 Å². The molecule has 4 nitrogen and oxygen atoms in total. The molecular weight excluding hydrogens is 310 g/mol. The number of aromatic nitrogens is 3. The normalized spacial score (nSPS) is 35.0. The largest absolute Gasteiger partial charge is 0.493 e. The van der Waals surface area contributed by atoms with E-state index in [-0.39, 0.29) is 0 Å². The molecule has 0 radical (unpaired) electrons. The van der Waals surface area contributed by atoms with Gasteiger partial charge in [-0.1, -0.05) is 13.8 Å². The zero-order valence-electron chi connectivity index (χ0n) is 15.4. The van der Waals surface area contributed by atoms with Gasteiger partial charge in [0.05, 0.1) is 6.61 Å². The Morgan fingerprint density at radius 2 is 1.92 bits per heavy atom. The van der Waals surface area contributed by atoms with Crippen molar-refractivity contribution >= 4 is 5.65 Å². The molecular formula is C21H29N3O. The van der Waals surface area contributed by atoms with Crippen LogP contribution in [0.25, 0.3) is 5.65 Å². The molecule has 0 spiro atoms. The van der Waals surface area contributed by atoms with Crippen molar-refractivity contribution in [1.29, 1.82) is 0 Å². The van der Waals surface area contributed by atoms with Crippen molar-refractivity contribution in [2.45, 2.75) is 64.7 Å². The Morgan fingerprint density at radius 3 is 2.64 bits per heavy atom. The van der Waals surface area contributed by atoms with Crippen LogP contribution in [0.3, 0.4) is 0 Å². The molecule has 2 heterocycles. The second-order valence-corrected chi connectivity index (χ2v) is 9.41. The molecule has 3 fully saturated rings. The molecule has 2 bridgehead atoms. The second kappa shape index (κ2) is 5.72. The summed E-state index contributed by atoms with van der Waals surface area (Å²) in [4.78, 5) is 0. The topological polar surface area (TPSA) is 39.4 Å². The highest BCUT2D eigenvalue weighted by molar-refractivity contribution is 5.49. The van der Waals surface area contributed by atoms with E-state index in [0.717, 1.165) is 35.8 Å². The number of pyridine rings is 1. The van der Waals surface area contributed by atoms with Crippen LogP contribution in [0.15, 0.2) is 18.6 Å². The highest BCUT2D eigenvalue weighted by Crippen LogP contribution is 2.53. The molecule has 3 aliphatic rings. The Balaban J connectivity index is 1.41. The maximum absolute atomic E-state index is 6.55. The van der Waals surface area contributed by atoms with Crippen LogP contribution in [0, 0.1) is 23.2 Å². The van der Waals surface area contributed by atoms with Gasteiger partial charge in [-0.2, -0.15) is 0 Å². The number of fused-ring (bicyclic) bond motifs is 3. The first-order valence-electron chi connectivity index (χ1n) is 10.1. The van der Waals surface area contributed by atoms with Crippen LogP contribution < -0.4 is 4.74 Å². The molecule has 2 aromatic rings. The predicted molar refractivity (Wildman–Crippen MR) is 97.8 cm³/mol. The summed E-state index contributed by atoms with van der Waals surface area (Å²) in [5.74, 6) is 4.33. The van der Waals surface area contributed by atoms with E-state index in [1.807, 2.05) is 4.40 Å².